The SMILES string of the molecule is C=C(C)C(=O)OC(CC)C(F)(F)C(=O)CC. The summed E-state index contributed by atoms with van der Waals surface area (Å²) >= 11 is 0. The molecule has 5 heteroatoms. The number of rotatable bonds is 6. The van der Waals surface area contributed by atoms with E-state index in [0.717, 1.165) is 0 Å². The molecule has 16 heavy (non-hydrogen) atoms. The maximum atomic E-state index is 13.4. The third-order valence-electron chi connectivity index (χ3n) is 2.07. The average molecular weight is 234 g/mol. The van der Waals surface area contributed by atoms with Crippen LogP contribution >= 0.6 is 0 Å². The van der Waals surface area contributed by atoms with Gasteiger partial charge in [0.25, 0.3) is 0 Å². The van der Waals surface area contributed by atoms with Crippen molar-refractivity contribution in [2.45, 2.75) is 45.6 Å². The first-order chi connectivity index (χ1) is 7.27. The summed E-state index contributed by atoms with van der Waals surface area (Å²) in [6.45, 7) is 7.40. The predicted molar refractivity (Wildman–Crippen MR) is 55.2 cm³/mol. The molecule has 92 valence electrons. The monoisotopic (exact) mass is 234 g/mol. The van der Waals surface area contributed by atoms with Crippen LogP contribution in [0.3, 0.4) is 0 Å². The lowest BCUT2D eigenvalue weighted by Gasteiger charge is -2.24. The molecule has 0 saturated carbocycles. The Morgan fingerprint density at radius 3 is 2.19 bits per heavy atom. The van der Waals surface area contributed by atoms with Gasteiger partial charge in [-0.25, -0.2) is 4.79 Å². The van der Waals surface area contributed by atoms with Gasteiger partial charge in [-0.2, -0.15) is 8.78 Å². The van der Waals surface area contributed by atoms with Gasteiger partial charge in [0, 0.05) is 12.0 Å². The number of hydrogen-bond donors (Lipinski definition) is 0. The molecule has 0 aromatic carbocycles. The summed E-state index contributed by atoms with van der Waals surface area (Å²) in [6, 6.07) is 0. The number of hydrogen-bond acceptors (Lipinski definition) is 3. The summed E-state index contributed by atoms with van der Waals surface area (Å²) in [5.41, 5.74) is 0.0261. The first kappa shape index (κ1) is 14.7. The molecule has 0 aromatic rings. The second-order valence-electron chi connectivity index (χ2n) is 3.48. The summed E-state index contributed by atoms with van der Waals surface area (Å²) in [4.78, 5) is 22.1. The van der Waals surface area contributed by atoms with Crippen molar-refractivity contribution in [3.63, 3.8) is 0 Å². The lowest BCUT2D eigenvalue weighted by molar-refractivity contribution is -0.177. The van der Waals surface area contributed by atoms with E-state index in [-0.39, 0.29) is 18.4 Å². The van der Waals surface area contributed by atoms with Crippen LogP contribution < -0.4 is 0 Å². The first-order valence-corrected chi connectivity index (χ1v) is 5.04. The van der Waals surface area contributed by atoms with Crippen molar-refractivity contribution >= 4 is 11.8 Å². The van der Waals surface area contributed by atoms with Crippen LogP contribution in [0.15, 0.2) is 12.2 Å². The quantitative estimate of drug-likeness (QED) is 0.524. The highest BCUT2D eigenvalue weighted by Crippen LogP contribution is 2.26. The smallest absolute Gasteiger partial charge is 0.341 e. The van der Waals surface area contributed by atoms with Crippen LogP contribution in [0.5, 0.6) is 0 Å². The Hall–Kier alpha value is -1.26. The van der Waals surface area contributed by atoms with E-state index in [9.17, 15) is 18.4 Å². The van der Waals surface area contributed by atoms with Crippen molar-refractivity contribution in [3.05, 3.63) is 12.2 Å². The maximum Gasteiger partial charge on any atom is 0.341 e. The molecule has 0 bridgehead atoms. The van der Waals surface area contributed by atoms with Crippen molar-refractivity contribution in [1.29, 1.82) is 0 Å². The standard InChI is InChI=1S/C11H16F2O3/c1-5-8(14)11(12,13)9(6-2)16-10(15)7(3)4/h9H,3,5-6H2,1-2,4H3. The van der Waals surface area contributed by atoms with Gasteiger partial charge in [0.2, 0.25) is 5.78 Å². The molecule has 0 aliphatic heterocycles. The number of halogens is 2. The van der Waals surface area contributed by atoms with E-state index in [2.05, 4.69) is 11.3 Å². The van der Waals surface area contributed by atoms with E-state index >= 15 is 0 Å². The van der Waals surface area contributed by atoms with Crippen LogP contribution in [-0.4, -0.2) is 23.8 Å². The van der Waals surface area contributed by atoms with E-state index in [4.69, 9.17) is 0 Å². The molecule has 0 aromatic heterocycles. The topological polar surface area (TPSA) is 43.4 Å². The number of esters is 1. The minimum Gasteiger partial charge on any atom is -0.452 e. The zero-order chi connectivity index (χ0) is 12.9. The second kappa shape index (κ2) is 5.72. The molecule has 0 spiro atoms. The molecule has 3 nitrogen and oxygen atoms in total. The number of carbonyl (C=O) groups excluding carboxylic acids is 2. The van der Waals surface area contributed by atoms with Gasteiger partial charge in [-0.3, -0.25) is 4.79 Å². The van der Waals surface area contributed by atoms with Crippen LogP contribution in [0.1, 0.15) is 33.6 Å². The van der Waals surface area contributed by atoms with Gasteiger partial charge in [0.15, 0.2) is 6.10 Å². The Balaban J connectivity index is 4.79. The fourth-order valence-electron chi connectivity index (χ4n) is 1.06. The number of alkyl halides is 2. The van der Waals surface area contributed by atoms with Gasteiger partial charge in [-0.05, 0) is 13.3 Å². The second-order valence-corrected chi connectivity index (χ2v) is 3.48. The molecule has 0 radical (unpaired) electrons. The molecule has 0 saturated heterocycles. The largest absolute Gasteiger partial charge is 0.452 e. The third kappa shape index (κ3) is 3.40. The molecular weight excluding hydrogens is 218 g/mol. The Morgan fingerprint density at radius 1 is 1.38 bits per heavy atom. The third-order valence-corrected chi connectivity index (χ3v) is 2.07. The van der Waals surface area contributed by atoms with E-state index in [1.807, 2.05) is 0 Å². The highest BCUT2D eigenvalue weighted by Gasteiger charge is 2.47. The minimum absolute atomic E-state index is 0.0261. The summed E-state index contributed by atoms with van der Waals surface area (Å²) in [5.74, 6) is -5.77. The number of Topliss-reactive ketones (excluding diaryl/α,β-unsaturated/α-hetero) is 1. The van der Waals surface area contributed by atoms with Gasteiger partial charge in [0.05, 0.1) is 0 Å². The molecule has 0 aliphatic carbocycles. The van der Waals surface area contributed by atoms with E-state index in [1.54, 1.807) is 0 Å². The van der Waals surface area contributed by atoms with E-state index < -0.39 is 23.8 Å². The molecular formula is C11H16F2O3. The number of ketones is 1. The predicted octanol–water partition coefficient (Wildman–Crippen LogP) is 2.50. The summed E-state index contributed by atoms with van der Waals surface area (Å²) in [7, 11) is 0. The van der Waals surface area contributed by atoms with Crippen molar-refractivity contribution in [2.75, 3.05) is 0 Å². The van der Waals surface area contributed by atoms with Crippen molar-refractivity contribution in [3.8, 4) is 0 Å². The fraction of sp³-hybridized carbons (Fsp3) is 0.636. The fourth-order valence-corrected chi connectivity index (χ4v) is 1.06. The van der Waals surface area contributed by atoms with E-state index in [0.29, 0.717) is 0 Å². The van der Waals surface area contributed by atoms with Crippen LogP contribution in [0.25, 0.3) is 0 Å². The van der Waals surface area contributed by atoms with Gasteiger partial charge in [-0.1, -0.05) is 20.4 Å². The molecule has 1 atom stereocenters. The Kier molecular flexibility index (Phi) is 5.27. The van der Waals surface area contributed by atoms with Crippen LogP contribution in [0.4, 0.5) is 8.78 Å². The molecule has 0 N–H and O–H groups in total. The van der Waals surface area contributed by atoms with E-state index in [1.165, 1.54) is 20.8 Å². The molecule has 0 aliphatic rings. The van der Waals surface area contributed by atoms with Gasteiger partial charge in [0.1, 0.15) is 0 Å². The summed E-state index contributed by atoms with van der Waals surface area (Å²) in [6.07, 6.45) is -2.14. The Morgan fingerprint density at radius 2 is 1.88 bits per heavy atom. The van der Waals surface area contributed by atoms with Gasteiger partial charge < -0.3 is 4.74 Å². The number of ether oxygens (including phenoxy) is 1. The highest BCUT2D eigenvalue weighted by atomic mass is 19.3. The zero-order valence-corrected chi connectivity index (χ0v) is 9.68. The average Bonchev–Trinajstić information content (AvgIpc) is 2.23. The maximum absolute atomic E-state index is 13.4. The van der Waals surface area contributed by atoms with Crippen molar-refractivity contribution < 1.29 is 23.1 Å². The normalized spacial score (nSPS) is 13.1. The number of carbonyl (C=O) groups is 2. The lowest BCUT2D eigenvalue weighted by atomic mass is 10.0. The minimum atomic E-state index is -3.63. The van der Waals surface area contributed by atoms with Gasteiger partial charge in [-0.15, -0.1) is 0 Å². The summed E-state index contributed by atoms with van der Waals surface area (Å²) < 4.78 is 31.4. The van der Waals surface area contributed by atoms with Crippen LogP contribution in [0.2, 0.25) is 0 Å². The van der Waals surface area contributed by atoms with Crippen LogP contribution in [-0.2, 0) is 14.3 Å². The molecule has 1 unspecified atom stereocenters. The molecule has 0 fully saturated rings. The van der Waals surface area contributed by atoms with Gasteiger partial charge >= 0.3 is 11.9 Å². The van der Waals surface area contributed by atoms with Crippen molar-refractivity contribution in [1.82, 2.24) is 0 Å². The molecule has 0 rings (SSSR count). The zero-order valence-electron chi connectivity index (χ0n) is 9.68. The van der Waals surface area contributed by atoms with Crippen LogP contribution in [0, 0.1) is 0 Å². The summed E-state index contributed by atoms with van der Waals surface area (Å²) in [5, 5.41) is 0. The molecule has 0 heterocycles. The van der Waals surface area contributed by atoms with Crippen molar-refractivity contribution in [2.24, 2.45) is 0 Å². The Labute approximate surface area is 93.5 Å². The lowest BCUT2D eigenvalue weighted by Crippen LogP contribution is -2.43. The first-order valence-electron chi connectivity index (χ1n) is 5.04. The highest BCUT2D eigenvalue weighted by molar-refractivity contribution is 5.89. The Bertz CT molecular complexity index is 298. The molecule has 0 amide bonds.